The second-order valence-electron chi connectivity index (χ2n) is 4.73. The van der Waals surface area contributed by atoms with Crippen molar-refractivity contribution in [2.24, 2.45) is 0 Å². The van der Waals surface area contributed by atoms with Crippen LogP contribution in [0.25, 0.3) is 0 Å². The van der Waals surface area contributed by atoms with Gasteiger partial charge in [0.2, 0.25) is 10.0 Å². The normalized spacial score (nSPS) is 12.9. The van der Waals surface area contributed by atoms with Crippen molar-refractivity contribution in [3.63, 3.8) is 0 Å². The molecule has 0 radical (unpaired) electrons. The standard InChI is InChI=1S/C15H18N2O3S/c1-11-10-13(20-3)7-8-15(11)21(18,19)17-12(2)14-6-4-5-9-16-14/h4-10,12,17H,1-3H3. The minimum Gasteiger partial charge on any atom is -0.497 e. The Labute approximate surface area is 125 Å². The Morgan fingerprint density at radius 1 is 1.24 bits per heavy atom. The second-order valence-corrected chi connectivity index (χ2v) is 6.41. The SMILES string of the molecule is COc1ccc(S(=O)(=O)NC(C)c2ccccn2)c(C)c1. The van der Waals surface area contributed by atoms with Crippen LogP contribution >= 0.6 is 0 Å². The molecule has 2 aromatic rings. The summed E-state index contributed by atoms with van der Waals surface area (Å²) < 4.78 is 32.6. The third kappa shape index (κ3) is 3.59. The lowest BCUT2D eigenvalue weighted by Crippen LogP contribution is -2.28. The summed E-state index contributed by atoms with van der Waals surface area (Å²) in [6.07, 6.45) is 1.64. The summed E-state index contributed by atoms with van der Waals surface area (Å²) in [6, 6.07) is 9.87. The molecule has 6 heteroatoms. The first-order chi connectivity index (χ1) is 9.94. The number of hydrogen-bond donors (Lipinski definition) is 1. The van der Waals surface area contributed by atoms with Crippen LogP contribution < -0.4 is 9.46 Å². The highest BCUT2D eigenvalue weighted by atomic mass is 32.2. The number of sulfonamides is 1. The molecule has 5 nitrogen and oxygen atoms in total. The van der Waals surface area contributed by atoms with Crippen molar-refractivity contribution < 1.29 is 13.2 Å². The fraction of sp³-hybridized carbons (Fsp3) is 0.267. The van der Waals surface area contributed by atoms with E-state index in [2.05, 4.69) is 9.71 Å². The maximum Gasteiger partial charge on any atom is 0.241 e. The van der Waals surface area contributed by atoms with Crippen LogP contribution in [0.4, 0.5) is 0 Å². The van der Waals surface area contributed by atoms with Gasteiger partial charge in [0.05, 0.1) is 23.7 Å². The fourth-order valence-corrected chi connectivity index (χ4v) is 3.48. The zero-order valence-corrected chi connectivity index (χ0v) is 13.0. The van der Waals surface area contributed by atoms with E-state index >= 15 is 0 Å². The van der Waals surface area contributed by atoms with Crippen molar-refractivity contribution in [1.82, 2.24) is 9.71 Å². The van der Waals surface area contributed by atoms with Crippen LogP contribution in [0.1, 0.15) is 24.2 Å². The van der Waals surface area contributed by atoms with Crippen LogP contribution in [0.3, 0.4) is 0 Å². The molecule has 1 N–H and O–H groups in total. The predicted octanol–water partition coefficient (Wildman–Crippen LogP) is 2.44. The Bertz CT molecular complexity index is 715. The molecule has 0 saturated heterocycles. The van der Waals surface area contributed by atoms with Crippen LogP contribution in [-0.4, -0.2) is 20.5 Å². The maximum absolute atomic E-state index is 12.5. The molecule has 21 heavy (non-hydrogen) atoms. The highest BCUT2D eigenvalue weighted by Crippen LogP contribution is 2.22. The summed E-state index contributed by atoms with van der Waals surface area (Å²) in [5, 5.41) is 0. The lowest BCUT2D eigenvalue weighted by atomic mass is 10.2. The summed E-state index contributed by atoms with van der Waals surface area (Å²) in [7, 11) is -2.06. The first-order valence-electron chi connectivity index (χ1n) is 6.52. The van der Waals surface area contributed by atoms with Gasteiger partial charge in [0.25, 0.3) is 0 Å². The first kappa shape index (κ1) is 15.5. The Hall–Kier alpha value is -1.92. The van der Waals surface area contributed by atoms with E-state index in [0.29, 0.717) is 17.0 Å². The van der Waals surface area contributed by atoms with E-state index in [1.54, 1.807) is 57.5 Å². The van der Waals surface area contributed by atoms with E-state index in [9.17, 15) is 8.42 Å². The van der Waals surface area contributed by atoms with Crippen molar-refractivity contribution in [3.05, 3.63) is 53.9 Å². The summed E-state index contributed by atoms with van der Waals surface area (Å²) in [5.74, 6) is 0.629. The molecule has 0 aliphatic heterocycles. The lowest BCUT2D eigenvalue weighted by Gasteiger charge is -2.15. The van der Waals surface area contributed by atoms with Crippen LogP contribution in [0.15, 0.2) is 47.5 Å². The Kier molecular flexibility index (Phi) is 4.59. The average Bonchev–Trinajstić information content (AvgIpc) is 2.47. The molecule has 0 saturated carbocycles. The van der Waals surface area contributed by atoms with Crippen LogP contribution in [0, 0.1) is 6.92 Å². The Morgan fingerprint density at radius 3 is 2.57 bits per heavy atom. The largest absolute Gasteiger partial charge is 0.497 e. The van der Waals surface area contributed by atoms with Crippen molar-refractivity contribution in [2.75, 3.05) is 7.11 Å². The number of hydrogen-bond acceptors (Lipinski definition) is 4. The van der Waals surface area contributed by atoms with Gasteiger partial charge in [-0.2, -0.15) is 0 Å². The Morgan fingerprint density at radius 2 is 2.00 bits per heavy atom. The number of benzene rings is 1. The molecule has 112 valence electrons. The van der Waals surface area contributed by atoms with Crippen molar-refractivity contribution in [3.8, 4) is 5.75 Å². The maximum atomic E-state index is 12.5. The van der Waals surface area contributed by atoms with E-state index in [1.807, 2.05) is 6.07 Å². The van der Waals surface area contributed by atoms with Crippen molar-refractivity contribution in [1.29, 1.82) is 0 Å². The number of aryl methyl sites for hydroxylation is 1. The summed E-state index contributed by atoms with van der Waals surface area (Å²) in [6.45, 7) is 3.50. The van der Waals surface area contributed by atoms with Gasteiger partial charge in [-0.3, -0.25) is 4.98 Å². The summed E-state index contributed by atoms with van der Waals surface area (Å²) in [5.41, 5.74) is 1.31. The number of ether oxygens (including phenoxy) is 1. The number of methoxy groups -OCH3 is 1. The number of pyridine rings is 1. The van der Waals surface area contributed by atoms with Gasteiger partial charge in [0, 0.05) is 6.20 Å². The van der Waals surface area contributed by atoms with Gasteiger partial charge in [0.15, 0.2) is 0 Å². The molecule has 0 amide bonds. The zero-order valence-electron chi connectivity index (χ0n) is 12.2. The van der Waals surface area contributed by atoms with E-state index in [0.717, 1.165) is 0 Å². The molecule has 0 fully saturated rings. The molecule has 0 spiro atoms. The van der Waals surface area contributed by atoms with E-state index in [4.69, 9.17) is 4.74 Å². The van der Waals surface area contributed by atoms with Gasteiger partial charge < -0.3 is 4.74 Å². The van der Waals surface area contributed by atoms with Crippen LogP contribution in [0.2, 0.25) is 0 Å². The monoisotopic (exact) mass is 306 g/mol. The van der Waals surface area contributed by atoms with Gasteiger partial charge in [-0.15, -0.1) is 0 Å². The van der Waals surface area contributed by atoms with Crippen LogP contribution in [0.5, 0.6) is 5.75 Å². The fourth-order valence-electron chi connectivity index (χ4n) is 2.04. The molecular weight excluding hydrogens is 288 g/mol. The second kappa shape index (κ2) is 6.24. The highest BCUT2D eigenvalue weighted by Gasteiger charge is 2.21. The zero-order chi connectivity index (χ0) is 15.5. The van der Waals surface area contributed by atoms with E-state index in [1.165, 1.54) is 0 Å². The molecule has 1 atom stereocenters. The first-order valence-corrected chi connectivity index (χ1v) is 8.00. The van der Waals surface area contributed by atoms with Gasteiger partial charge >= 0.3 is 0 Å². The smallest absolute Gasteiger partial charge is 0.241 e. The molecule has 1 aromatic carbocycles. The predicted molar refractivity (Wildman–Crippen MR) is 80.7 cm³/mol. The molecule has 0 aliphatic rings. The third-order valence-corrected chi connectivity index (χ3v) is 4.84. The molecule has 2 rings (SSSR count). The summed E-state index contributed by atoms with van der Waals surface area (Å²) in [4.78, 5) is 4.40. The summed E-state index contributed by atoms with van der Waals surface area (Å²) >= 11 is 0. The van der Waals surface area contributed by atoms with Gasteiger partial charge in [-0.1, -0.05) is 6.07 Å². The third-order valence-electron chi connectivity index (χ3n) is 3.13. The molecule has 1 aromatic heterocycles. The quantitative estimate of drug-likeness (QED) is 0.921. The number of nitrogens with one attached hydrogen (secondary N) is 1. The topological polar surface area (TPSA) is 68.3 Å². The van der Waals surface area contributed by atoms with E-state index in [-0.39, 0.29) is 4.90 Å². The van der Waals surface area contributed by atoms with Gasteiger partial charge in [-0.05, 0) is 49.7 Å². The average molecular weight is 306 g/mol. The lowest BCUT2D eigenvalue weighted by molar-refractivity contribution is 0.414. The number of rotatable bonds is 5. The molecule has 1 heterocycles. The van der Waals surface area contributed by atoms with Crippen molar-refractivity contribution in [2.45, 2.75) is 24.8 Å². The minimum atomic E-state index is -3.61. The van der Waals surface area contributed by atoms with Crippen molar-refractivity contribution >= 4 is 10.0 Å². The highest BCUT2D eigenvalue weighted by molar-refractivity contribution is 7.89. The molecule has 1 unspecified atom stereocenters. The Balaban J connectivity index is 2.26. The molecular formula is C15H18N2O3S. The number of aromatic nitrogens is 1. The van der Waals surface area contributed by atoms with Crippen LogP contribution in [-0.2, 0) is 10.0 Å². The molecule has 0 bridgehead atoms. The van der Waals surface area contributed by atoms with Gasteiger partial charge in [0.1, 0.15) is 5.75 Å². The van der Waals surface area contributed by atoms with Gasteiger partial charge in [-0.25, -0.2) is 13.1 Å². The molecule has 0 aliphatic carbocycles. The minimum absolute atomic E-state index is 0.242. The number of nitrogens with zero attached hydrogens (tertiary/aromatic N) is 1. The van der Waals surface area contributed by atoms with E-state index < -0.39 is 16.1 Å².